The molecule has 6 aromatic carbocycles. The van der Waals surface area contributed by atoms with Gasteiger partial charge in [0.25, 0.3) is 0 Å². The number of ether oxygens (including phenoxy) is 1. The highest BCUT2D eigenvalue weighted by Crippen LogP contribution is 2.39. The van der Waals surface area contributed by atoms with Gasteiger partial charge in [-0.15, -0.1) is 12.8 Å². The Kier molecular flexibility index (Phi) is 8.58. The van der Waals surface area contributed by atoms with Crippen LogP contribution in [0.5, 0.6) is 11.5 Å². The molecule has 0 unspecified atom stereocenters. The van der Waals surface area contributed by atoms with Crippen LogP contribution in [0.2, 0.25) is 0 Å². The van der Waals surface area contributed by atoms with Gasteiger partial charge in [-0.3, -0.25) is 0 Å². The van der Waals surface area contributed by atoms with Crippen molar-refractivity contribution in [1.29, 1.82) is 0 Å². The summed E-state index contributed by atoms with van der Waals surface area (Å²) in [6.07, 6.45) is 11.3. The van der Waals surface area contributed by atoms with E-state index in [0.717, 1.165) is 55.6 Å². The van der Waals surface area contributed by atoms with Crippen molar-refractivity contribution < 1.29 is 4.74 Å². The van der Waals surface area contributed by atoms with E-state index in [9.17, 15) is 0 Å². The molecule has 0 radical (unpaired) electrons. The lowest BCUT2D eigenvalue weighted by molar-refractivity contribution is 0.486. The SMILES string of the molecule is C#Cc1ccc(-c2cc(C#Cc3ccccc3)ccc2Oc2ccc(C#Cc3ccccc3)cc2-c2ccc(C#C)cc2)cc1. The van der Waals surface area contributed by atoms with E-state index in [4.69, 9.17) is 17.6 Å². The number of hydrogen-bond acceptors (Lipinski definition) is 1. The summed E-state index contributed by atoms with van der Waals surface area (Å²) in [4.78, 5) is 0. The van der Waals surface area contributed by atoms with Gasteiger partial charge in [0.05, 0.1) is 0 Å². The van der Waals surface area contributed by atoms with Gasteiger partial charge < -0.3 is 4.74 Å². The van der Waals surface area contributed by atoms with Crippen LogP contribution in [0.1, 0.15) is 33.4 Å². The van der Waals surface area contributed by atoms with Crippen molar-refractivity contribution in [3.8, 4) is 82.1 Å². The number of terminal acetylenes is 2. The average Bonchev–Trinajstić information content (AvgIpc) is 3.11. The predicted molar refractivity (Wildman–Crippen MR) is 185 cm³/mol. The Bertz CT molecular complexity index is 2010. The van der Waals surface area contributed by atoms with Gasteiger partial charge in [0.15, 0.2) is 0 Å². The summed E-state index contributed by atoms with van der Waals surface area (Å²) >= 11 is 0. The fourth-order valence-electron chi connectivity index (χ4n) is 4.79. The third-order valence-corrected chi connectivity index (χ3v) is 7.15. The summed E-state index contributed by atoms with van der Waals surface area (Å²) in [6, 6.07) is 47.6. The molecule has 6 aromatic rings. The van der Waals surface area contributed by atoms with Crippen molar-refractivity contribution in [3.63, 3.8) is 0 Å². The van der Waals surface area contributed by atoms with E-state index in [1.165, 1.54) is 0 Å². The lowest BCUT2D eigenvalue weighted by Crippen LogP contribution is -1.93. The van der Waals surface area contributed by atoms with Crippen LogP contribution >= 0.6 is 0 Å². The predicted octanol–water partition coefficient (Wildman–Crippen LogP) is 9.58. The summed E-state index contributed by atoms with van der Waals surface area (Å²) < 4.78 is 6.72. The summed E-state index contributed by atoms with van der Waals surface area (Å²) in [7, 11) is 0. The highest BCUT2D eigenvalue weighted by atomic mass is 16.5. The van der Waals surface area contributed by atoms with Crippen LogP contribution in [0.3, 0.4) is 0 Å². The quantitative estimate of drug-likeness (QED) is 0.192. The van der Waals surface area contributed by atoms with Crippen LogP contribution in [0.25, 0.3) is 22.3 Å². The summed E-state index contributed by atoms with van der Waals surface area (Å²) in [5.41, 5.74) is 9.02. The molecule has 0 atom stereocenters. The van der Waals surface area contributed by atoms with Crippen molar-refractivity contribution in [3.05, 3.63) is 179 Å². The fourth-order valence-corrected chi connectivity index (χ4v) is 4.79. The molecule has 0 saturated carbocycles. The first-order valence-corrected chi connectivity index (χ1v) is 14.4. The summed E-state index contributed by atoms with van der Waals surface area (Å²) in [6.45, 7) is 0. The highest BCUT2D eigenvalue weighted by Gasteiger charge is 2.14. The molecule has 0 aliphatic heterocycles. The highest BCUT2D eigenvalue weighted by molar-refractivity contribution is 5.77. The van der Waals surface area contributed by atoms with Gasteiger partial charge in [0.1, 0.15) is 11.5 Å². The Morgan fingerprint density at radius 3 is 1.09 bits per heavy atom. The maximum Gasteiger partial charge on any atom is 0.135 e. The van der Waals surface area contributed by atoms with E-state index in [-0.39, 0.29) is 0 Å². The van der Waals surface area contributed by atoms with E-state index >= 15 is 0 Å². The molecule has 208 valence electrons. The number of rotatable bonds is 4. The van der Waals surface area contributed by atoms with E-state index in [0.29, 0.717) is 11.5 Å². The van der Waals surface area contributed by atoms with Gasteiger partial charge >= 0.3 is 0 Å². The van der Waals surface area contributed by atoms with Crippen molar-refractivity contribution in [1.82, 2.24) is 0 Å². The van der Waals surface area contributed by atoms with E-state index in [1.807, 2.05) is 133 Å². The number of hydrogen-bond donors (Lipinski definition) is 0. The third kappa shape index (κ3) is 7.06. The van der Waals surface area contributed by atoms with E-state index in [2.05, 4.69) is 47.7 Å². The fraction of sp³-hybridized carbons (Fsp3) is 0. The van der Waals surface area contributed by atoms with Gasteiger partial charge in [0.2, 0.25) is 0 Å². The molecular weight excluding hydrogens is 544 g/mol. The molecule has 0 heterocycles. The van der Waals surface area contributed by atoms with Crippen LogP contribution in [-0.2, 0) is 0 Å². The Morgan fingerprint density at radius 1 is 0.356 bits per heavy atom. The minimum Gasteiger partial charge on any atom is -0.456 e. The smallest absolute Gasteiger partial charge is 0.135 e. The molecule has 6 rings (SSSR count). The monoisotopic (exact) mass is 570 g/mol. The van der Waals surface area contributed by atoms with Crippen molar-refractivity contribution in [2.45, 2.75) is 0 Å². The zero-order valence-electron chi connectivity index (χ0n) is 24.4. The van der Waals surface area contributed by atoms with Crippen LogP contribution in [0, 0.1) is 48.4 Å². The average molecular weight is 571 g/mol. The normalized spacial score (nSPS) is 9.82. The van der Waals surface area contributed by atoms with Crippen LogP contribution in [0.15, 0.2) is 146 Å². The zero-order valence-corrected chi connectivity index (χ0v) is 24.4. The third-order valence-electron chi connectivity index (χ3n) is 7.15. The van der Waals surface area contributed by atoms with Crippen LogP contribution in [0.4, 0.5) is 0 Å². The molecule has 0 aliphatic carbocycles. The number of benzene rings is 6. The van der Waals surface area contributed by atoms with Gasteiger partial charge in [-0.05, 0) is 96.1 Å². The van der Waals surface area contributed by atoms with Crippen molar-refractivity contribution in [2.24, 2.45) is 0 Å². The first-order valence-electron chi connectivity index (χ1n) is 14.4. The standard InChI is InChI=1S/C44H26O/c1-3-33-19-25-39(26-20-33)41-31-37(17-15-35-11-7-5-8-12-35)23-29-43(41)45-44-30-24-38(18-16-36-13-9-6-10-14-36)32-42(44)40-27-21-34(4-2)22-28-40/h1-2,5-14,19-32H. The molecule has 0 saturated heterocycles. The van der Waals surface area contributed by atoms with Crippen molar-refractivity contribution >= 4 is 0 Å². The second kappa shape index (κ2) is 13.6. The molecule has 0 N–H and O–H groups in total. The second-order valence-corrected chi connectivity index (χ2v) is 10.2. The van der Waals surface area contributed by atoms with E-state index < -0.39 is 0 Å². The van der Waals surface area contributed by atoms with Gasteiger partial charge in [-0.2, -0.15) is 0 Å². The van der Waals surface area contributed by atoms with Crippen LogP contribution < -0.4 is 4.74 Å². The van der Waals surface area contributed by atoms with E-state index in [1.54, 1.807) is 0 Å². The molecular formula is C44H26O. The zero-order chi connectivity index (χ0) is 30.8. The molecule has 0 fully saturated rings. The largest absolute Gasteiger partial charge is 0.456 e. The first kappa shape index (κ1) is 28.5. The Labute approximate surface area is 265 Å². The molecule has 45 heavy (non-hydrogen) atoms. The van der Waals surface area contributed by atoms with Gasteiger partial charge in [-0.25, -0.2) is 0 Å². The minimum atomic E-state index is 0.693. The minimum absolute atomic E-state index is 0.693. The van der Waals surface area contributed by atoms with Crippen molar-refractivity contribution in [2.75, 3.05) is 0 Å². The Balaban J connectivity index is 1.43. The Hall–Kier alpha value is -6.64. The molecule has 1 heteroatoms. The summed E-state index contributed by atoms with van der Waals surface area (Å²) in [5, 5.41) is 0. The molecule has 1 nitrogen and oxygen atoms in total. The maximum atomic E-state index is 6.72. The molecule has 0 aliphatic rings. The molecule has 0 spiro atoms. The maximum absolute atomic E-state index is 6.72. The van der Waals surface area contributed by atoms with Crippen LogP contribution in [-0.4, -0.2) is 0 Å². The molecule has 0 bridgehead atoms. The second-order valence-electron chi connectivity index (χ2n) is 10.2. The van der Waals surface area contributed by atoms with Gasteiger partial charge in [0, 0.05) is 44.5 Å². The van der Waals surface area contributed by atoms with Gasteiger partial charge in [-0.1, -0.05) is 96.2 Å². The molecule has 0 aromatic heterocycles. The first-order chi connectivity index (χ1) is 22.2. The topological polar surface area (TPSA) is 9.23 Å². The lowest BCUT2D eigenvalue weighted by atomic mass is 9.99. The molecule has 0 amide bonds. The Morgan fingerprint density at radius 2 is 0.711 bits per heavy atom. The summed E-state index contributed by atoms with van der Waals surface area (Å²) in [5.74, 6) is 19.9. The lowest BCUT2D eigenvalue weighted by Gasteiger charge is -2.16.